The molecule has 1 heterocycles. The average Bonchev–Trinajstić information content (AvgIpc) is 0.884. The van der Waals surface area contributed by atoms with E-state index < -0.39 is 24.1 Å². The highest BCUT2D eigenvalue weighted by Crippen LogP contribution is 2.56. The first kappa shape index (κ1) is 67.8. The fourth-order valence-corrected chi connectivity index (χ4v) is 15.2. The van der Waals surface area contributed by atoms with Gasteiger partial charge < -0.3 is 61.5 Å². The molecule has 0 aromatic heterocycles. The van der Waals surface area contributed by atoms with Gasteiger partial charge in [-0.2, -0.15) is 0 Å². The van der Waals surface area contributed by atoms with Crippen LogP contribution in [0.1, 0.15) is 101 Å². The molecule has 0 fully saturated rings. The van der Waals surface area contributed by atoms with E-state index >= 15 is 0 Å². The van der Waals surface area contributed by atoms with Crippen molar-refractivity contribution in [2.75, 3.05) is 71.0 Å². The van der Waals surface area contributed by atoms with E-state index in [2.05, 4.69) is 70.2 Å². The van der Waals surface area contributed by atoms with E-state index in [1.807, 2.05) is 146 Å². The molecule has 0 radical (unpaired) electrons. The van der Waals surface area contributed by atoms with Crippen LogP contribution in [0.25, 0.3) is 0 Å². The number of amides is 8. The monoisotopic (exact) mass is 1310 g/mol. The minimum Gasteiger partial charge on any atom is -0.494 e. The number of benzene rings is 8. The fourth-order valence-electron chi connectivity index (χ4n) is 10.2. The minimum absolute atomic E-state index is 0.424. The fraction of sp³-hybridized carbons (Fsp3) is 0.278. The number of carbonyl (C=O) groups excluding carboxylic acids is 4. The normalized spacial score (nSPS) is 11.6. The molecule has 8 aromatic rings. The summed E-state index contributed by atoms with van der Waals surface area (Å²) in [7, 11) is 6.31. The largest absolute Gasteiger partial charge is 0.494 e. The van der Waals surface area contributed by atoms with Gasteiger partial charge in [-0.25, -0.2) is 19.2 Å². The number of urea groups is 4. The molecule has 1 aliphatic heterocycles. The van der Waals surface area contributed by atoms with Crippen LogP contribution in [0.15, 0.2) is 185 Å². The lowest BCUT2D eigenvalue weighted by molar-refractivity contribution is 0.261. The minimum atomic E-state index is -0.475. The summed E-state index contributed by atoms with van der Waals surface area (Å²) in [6.07, 6.45) is 12.3. The molecule has 20 heteroatoms. The number of aryl methyl sites for hydroxylation is 4. The number of unbranched alkanes of at least 4 members (excludes halogenated alkanes) is 4. The Balaban J connectivity index is 1.18. The van der Waals surface area contributed by atoms with Crippen molar-refractivity contribution in [2.24, 2.45) is 0 Å². The van der Waals surface area contributed by atoms with E-state index in [0.717, 1.165) is 77.0 Å². The standard InChI is InChI=1S/C72H80N8O8S4/c1-9-13-17-45-21-29-49(30-22-45)73-69(81)77-53-37-57-65(85-5)58(38-53)90-60-40-55(79-71(83)75-51-33-25-47(26-34-51)19-15-11-3)42-62(67(60)87-7)92-64-44-56(80-72(84)76-52-35-27-48(28-36-52)20-16-12-4)43-63(68(64)88-8)91-61-41-54(39-59(89-57)66(61)86-6)78-70(82)74-50-31-23-46(24-32-50)18-14-10-2/h21-44H,9-20H2,1-8H3,(H2,73,77,81)(H2,74,78,82)(H2,75,79,83)(H2,76,80,84). The molecule has 0 saturated heterocycles. The second-order valence-electron chi connectivity index (χ2n) is 21.9. The van der Waals surface area contributed by atoms with Crippen molar-refractivity contribution in [2.45, 2.75) is 144 Å². The molecule has 9 rings (SSSR count). The van der Waals surface area contributed by atoms with Gasteiger partial charge in [-0.3, -0.25) is 0 Å². The maximum atomic E-state index is 14.1. The number of hydrogen-bond donors (Lipinski definition) is 8. The Kier molecular flexibility index (Phi) is 24.8. The molecule has 1 aliphatic rings. The third-order valence-corrected chi connectivity index (χ3v) is 19.1. The van der Waals surface area contributed by atoms with Gasteiger partial charge in [-0.05, 0) is 171 Å². The van der Waals surface area contributed by atoms with Crippen LogP contribution in [0.3, 0.4) is 0 Å². The van der Waals surface area contributed by atoms with E-state index in [-0.39, 0.29) is 0 Å². The molecule has 0 atom stereocenters. The first-order valence-electron chi connectivity index (χ1n) is 31.0. The van der Waals surface area contributed by atoms with Crippen molar-refractivity contribution >= 4 is 117 Å². The van der Waals surface area contributed by atoms with Crippen LogP contribution in [0.5, 0.6) is 23.0 Å². The number of ether oxygens (including phenoxy) is 4. The summed E-state index contributed by atoms with van der Waals surface area (Å²) in [5, 5.41) is 24.4. The molecule has 16 nitrogen and oxygen atoms in total. The molecule has 0 spiro atoms. The average molecular weight is 1310 g/mol. The Bertz CT molecular complexity index is 3260. The predicted molar refractivity (Wildman–Crippen MR) is 379 cm³/mol. The van der Waals surface area contributed by atoms with Crippen LogP contribution in [0.4, 0.5) is 64.7 Å². The van der Waals surface area contributed by atoms with Crippen molar-refractivity contribution in [3.63, 3.8) is 0 Å². The maximum Gasteiger partial charge on any atom is 0.323 e. The van der Waals surface area contributed by atoms with E-state index in [1.54, 1.807) is 28.4 Å². The summed E-state index contributed by atoms with van der Waals surface area (Å²) in [6, 6.07) is 44.0. The number of fused-ring (bicyclic) bond motifs is 8. The molecule has 0 unspecified atom stereocenters. The van der Waals surface area contributed by atoms with Crippen LogP contribution in [-0.2, 0) is 25.7 Å². The van der Waals surface area contributed by atoms with E-state index in [0.29, 0.717) is 108 Å². The van der Waals surface area contributed by atoms with Crippen molar-refractivity contribution in [1.29, 1.82) is 0 Å². The molecule has 92 heavy (non-hydrogen) atoms. The van der Waals surface area contributed by atoms with Gasteiger partial charge in [0.15, 0.2) is 0 Å². The zero-order valence-corrected chi connectivity index (χ0v) is 56.5. The number of carbonyl (C=O) groups is 4. The van der Waals surface area contributed by atoms with E-state index in [4.69, 9.17) is 18.9 Å². The van der Waals surface area contributed by atoms with Crippen LogP contribution >= 0.6 is 47.0 Å². The van der Waals surface area contributed by atoms with Gasteiger partial charge in [0.25, 0.3) is 0 Å². The lowest BCUT2D eigenvalue weighted by Crippen LogP contribution is -2.19. The molecule has 8 amide bonds. The van der Waals surface area contributed by atoms with Gasteiger partial charge in [-0.15, -0.1) is 0 Å². The Morgan fingerprint density at radius 1 is 0.272 bits per heavy atom. The third-order valence-electron chi connectivity index (χ3n) is 14.9. The molecule has 0 aliphatic carbocycles. The Hall–Kier alpha value is -8.56. The molecule has 8 aromatic carbocycles. The SMILES string of the molecule is CCCCc1ccc(NC(=O)Nc2cc3c(OC)c(c2)Sc2cc(NC(=O)Nc4ccc(CCCC)cc4)cc(c2OC)Sc2cc(NC(=O)Nc4ccc(CCCC)cc4)cc(c2OC)Sc2cc(NC(=O)Nc4ccc(CCCC)cc4)cc(c2OC)S3)cc1. The molecular weight excluding hydrogens is 1230 g/mol. The highest BCUT2D eigenvalue weighted by Gasteiger charge is 2.27. The summed E-state index contributed by atoms with van der Waals surface area (Å²) in [4.78, 5) is 61.0. The number of methoxy groups -OCH3 is 4. The summed E-state index contributed by atoms with van der Waals surface area (Å²) < 4.78 is 25.5. The zero-order chi connectivity index (χ0) is 64.9. The third kappa shape index (κ3) is 18.8. The van der Waals surface area contributed by atoms with E-state index in [1.165, 1.54) is 69.3 Å². The highest BCUT2D eigenvalue weighted by atomic mass is 32.2. The quantitative estimate of drug-likeness (QED) is 0.0285. The second-order valence-corrected chi connectivity index (χ2v) is 26.3. The summed E-state index contributed by atoms with van der Waals surface area (Å²) in [5.41, 5.74) is 8.92. The topological polar surface area (TPSA) is 201 Å². The first-order valence-corrected chi connectivity index (χ1v) is 34.3. The molecule has 0 saturated carbocycles. The molecule has 8 N–H and O–H groups in total. The van der Waals surface area contributed by atoms with Crippen molar-refractivity contribution in [3.05, 3.63) is 168 Å². The van der Waals surface area contributed by atoms with Gasteiger partial charge >= 0.3 is 24.1 Å². The van der Waals surface area contributed by atoms with Gasteiger partial charge in [0, 0.05) is 45.5 Å². The van der Waals surface area contributed by atoms with Crippen LogP contribution in [-0.4, -0.2) is 52.6 Å². The Labute approximate surface area is 557 Å². The van der Waals surface area contributed by atoms with Gasteiger partial charge in [-0.1, -0.05) is 149 Å². The van der Waals surface area contributed by atoms with Gasteiger partial charge in [0.1, 0.15) is 23.0 Å². The van der Waals surface area contributed by atoms with Gasteiger partial charge in [0.2, 0.25) is 0 Å². The predicted octanol–water partition coefficient (Wildman–Crippen LogP) is 20.6. The summed E-state index contributed by atoms with van der Waals surface area (Å²) >= 11 is 5.19. The molecular formula is C72H80N8O8S4. The summed E-state index contributed by atoms with van der Waals surface area (Å²) in [5.74, 6) is 1.77. The Morgan fingerprint density at radius 2 is 0.435 bits per heavy atom. The molecule has 8 bridgehead atoms. The highest BCUT2D eigenvalue weighted by molar-refractivity contribution is 8.01. The number of nitrogens with one attached hydrogen (secondary N) is 8. The maximum absolute atomic E-state index is 14.1. The zero-order valence-electron chi connectivity index (χ0n) is 53.2. The van der Waals surface area contributed by atoms with Gasteiger partial charge in [0.05, 0.1) is 67.6 Å². The number of hydrogen-bond acceptors (Lipinski definition) is 12. The smallest absolute Gasteiger partial charge is 0.323 e. The number of anilines is 8. The lowest BCUT2D eigenvalue weighted by atomic mass is 10.1. The lowest BCUT2D eigenvalue weighted by Gasteiger charge is -2.22. The van der Waals surface area contributed by atoms with Crippen molar-refractivity contribution in [3.8, 4) is 23.0 Å². The molecule has 480 valence electrons. The van der Waals surface area contributed by atoms with Crippen LogP contribution in [0, 0.1) is 0 Å². The number of rotatable bonds is 24. The first-order chi connectivity index (χ1) is 44.8. The van der Waals surface area contributed by atoms with Crippen LogP contribution in [0.2, 0.25) is 0 Å². The van der Waals surface area contributed by atoms with E-state index in [9.17, 15) is 19.2 Å². The second kappa shape index (κ2) is 33.7. The van der Waals surface area contributed by atoms with Crippen LogP contribution < -0.4 is 61.5 Å². The van der Waals surface area contributed by atoms with Crippen molar-refractivity contribution < 1.29 is 38.1 Å². The van der Waals surface area contributed by atoms with Crippen molar-refractivity contribution in [1.82, 2.24) is 0 Å². The Morgan fingerprint density at radius 3 is 0.587 bits per heavy atom. The summed E-state index contributed by atoms with van der Waals surface area (Å²) in [6.45, 7) is 8.64.